The maximum absolute atomic E-state index is 13.0. The van der Waals surface area contributed by atoms with Gasteiger partial charge in [0.15, 0.2) is 0 Å². The first-order valence-corrected chi connectivity index (χ1v) is 10.4. The van der Waals surface area contributed by atoms with E-state index < -0.39 is 5.54 Å². The minimum atomic E-state index is -0.495. The predicted octanol–water partition coefficient (Wildman–Crippen LogP) is 3.54. The summed E-state index contributed by atoms with van der Waals surface area (Å²) in [6, 6.07) is 5.19. The molecule has 154 valence electrons. The average Bonchev–Trinajstić information content (AvgIpc) is 3.40. The van der Waals surface area contributed by atoms with Crippen molar-refractivity contribution in [2.24, 2.45) is 11.8 Å². The molecule has 2 aliphatic rings. The second-order valence-corrected chi connectivity index (χ2v) is 8.85. The number of urea groups is 1. The summed E-state index contributed by atoms with van der Waals surface area (Å²) in [6.45, 7) is 7.47. The molecule has 0 aromatic heterocycles. The third-order valence-electron chi connectivity index (χ3n) is 5.91. The Labute approximate surface area is 167 Å². The summed E-state index contributed by atoms with van der Waals surface area (Å²) in [5.41, 5.74) is 1.61. The molecule has 2 fully saturated rings. The van der Waals surface area contributed by atoms with Crippen molar-refractivity contribution in [3.63, 3.8) is 0 Å². The topological polar surface area (TPSA) is 81.7 Å². The molecule has 1 aromatic rings. The van der Waals surface area contributed by atoms with Gasteiger partial charge in [0, 0.05) is 24.3 Å². The van der Waals surface area contributed by atoms with Crippen LogP contribution in [0.4, 0.5) is 10.5 Å². The lowest BCUT2D eigenvalue weighted by molar-refractivity contribution is 0.0727. The zero-order chi connectivity index (χ0) is 20.3. The van der Waals surface area contributed by atoms with Crippen molar-refractivity contribution >= 4 is 17.6 Å². The van der Waals surface area contributed by atoms with E-state index in [0.29, 0.717) is 29.6 Å². The molecule has 6 heteroatoms. The molecule has 0 unspecified atom stereocenters. The Kier molecular flexibility index (Phi) is 6.28. The highest BCUT2D eigenvalue weighted by molar-refractivity contribution is 5.97. The standard InChI is InChI=1S/C22H33N3O3/c1-15(2)12-22(14-26)9-4-10-25(22)21(28)24-19-11-18(8-5-16(19)3)20(27)23-13-17-6-7-17/h5,8,11,15,17,26H,4,6-7,9-10,12-14H2,1-3H3,(H,23,27)(H,24,28)/t22-/m1/s1. The van der Waals surface area contributed by atoms with Gasteiger partial charge in [-0.1, -0.05) is 19.9 Å². The molecule has 1 aliphatic carbocycles. The van der Waals surface area contributed by atoms with E-state index in [4.69, 9.17) is 0 Å². The van der Waals surface area contributed by atoms with Crippen molar-refractivity contribution in [2.45, 2.75) is 58.4 Å². The summed E-state index contributed by atoms with van der Waals surface area (Å²) < 4.78 is 0. The van der Waals surface area contributed by atoms with E-state index in [2.05, 4.69) is 24.5 Å². The van der Waals surface area contributed by atoms with Crippen LogP contribution >= 0.6 is 0 Å². The van der Waals surface area contributed by atoms with Crippen LogP contribution in [-0.2, 0) is 0 Å². The highest BCUT2D eigenvalue weighted by Gasteiger charge is 2.43. The molecule has 1 saturated carbocycles. The third-order valence-corrected chi connectivity index (χ3v) is 5.91. The summed E-state index contributed by atoms with van der Waals surface area (Å²) in [4.78, 5) is 27.2. The van der Waals surface area contributed by atoms with E-state index in [1.165, 1.54) is 12.8 Å². The number of aliphatic hydroxyl groups is 1. The van der Waals surface area contributed by atoms with E-state index in [0.717, 1.165) is 31.4 Å². The Hall–Kier alpha value is -2.08. The lowest BCUT2D eigenvalue weighted by atomic mass is 9.87. The van der Waals surface area contributed by atoms with Crippen molar-refractivity contribution in [3.8, 4) is 0 Å². The zero-order valence-electron chi connectivity index (χ0n) is 17.3. The molecule has 3 N–H and O–H groups in total. The summed E-state index contributed by atoms with van der Waals surface area (Å²) in [5.74, 6) is 0.908. The van der Waals surface area contributed by atoms with Gasteiger partial charge in [0.25, 0.3) is 5.91 Å². The molecular formula is C22H33N3O3. The monoisotopic (exact) mass is 387 g/mol. The smallest absolute Gasteiger partial charge is 0.322 e. The molecule has 1 saturated heterocycles. The van der Waals surface area contributed by atoms with Crippen molar-refractivity contribution in [3.05, 3.63) is 29.3 Å². The van der Waals surface area contributed by atoms with Crippen LogP contribution in [-0.4, -0.2) is 47.2 Å². The Balaban J connectivity index is 1.71. The second kappa shape index (κ2) is 8.52. The zero-order valence-corrected chi connectivity index (χ0v) is 17.3. The van der Waals surface area contributed by atoms with Gasteiger partial charge in [-0.05, 0) is 68.6 Å². The second-order valence-electron chi connectivity index (χ2n) is 8.85. The number of nitrogens with one attached hydrogen (secondary N) is 2. The van der Waals surface area contributed by atoms with Crippen LogP contribution in [0.2, 0.25) is 0 Å². The molecule has 1 atom stereocenters. The fraction of sp³-hybridized carbons (Fsp3) is 0.636. The summed E-state index contributed by atoms with van der Waals surface area (Å²) in [6.07, 6.45) is 4.86. The summed E-state index contributed by atoms with van der Waals surface area (Å²) in [5, 5.41) is 16.0. The molecule has 6 nitrogen and oxygen atoms in total. The number of benzene rings is 1. The SMILES string of the molecule is Cc1ccc(C(=O)NCC2CC2)cc1NC(=O)N1CCC[C@]1(CO)CC(C)C. The number of likely N-dealkylation sites (tertiary alicyclic amines) is 1. The minimum absolute atomic E-state index is 0.0266. The van der Waals surface area contributed by atoms with Crippen molar-refractivity contribution in [1.82, 2.24) is 10.2 Å². The van der Waals surface area contributed by atoms with Gasteiger partial charge >= 0.3 is 6.03 Å². The molecule has 1 aromatic carbocycles. The first kappa shape index (κ1) is 20.6. The number of aryl methyl sites for hydroxylation is 1. The quantitative estimate of drug-likeness (QED) is 0.669. The number of amides is 3. The Morgan fingerprint density at radius 2 is 2.07 bits per heavy atom. The van der Waals surface area contributed by atoms with Crippen LogP contribution < -0.4 is 10.6 Å². The highest BCUT2D eigenvalue weighted by atomic mass is 16.3. The molecule has 1 aliphatic heterocycles. The van der Waals surface area contributed by atoms with Crippen molar-refractivity contribution < 1.29 is 14.7 Å². The molecule has 1 heterocycles. The van der Waals surface area contributed by atoms with Gasteiger partial charge in [0.05, 0.1) is 12.1 Å². The first-order valence-electron chi connectivity index (χ1n) is 10.4. The van der Waals surface area contributed by atoms with Crippen molar-refractivity contribution in [1.29, 1.82) is 0 Å². The minimum Gasteiger partial charge on any atom is -0.394 e. The van der Waals surface area contributed by atoms with Crippen molar-refractivity contribution in [2.75, 3.05) is 25.0 Å². The number of anilines is 1. The van der Waals surface area contributed by atoms with Gasteiger partial charge in [0.2, 0.25) is 0 Å². The molecule has 0 radical (unpaired) electrons. The Morgan fingerprint density at radius 1 is 1.32 bits per heavy atom. The Morgan fingerprint density at radius 3 is 2.71 bits per heavy atom. The van der Waals surface area contributed by atoms with Gasteiger partial charge in [-0.2, -0.15) is 0 Å². The molecule has 3 amide bonds. The van der Waals surface area contributed by atoms with Crippen LogP contribution in [0.25, 0.3) is 0 Å². The third kappa shape index (κ3) is 4.66. The van der Waals surface area contributed by atoms with Crippen LogP contribution in [0.15, 0.2) is 18.2 Å². The highest BCUT2D eigenvalue weighted by Crippen LogP contribution is 2.35. The van der Waals surface area contributed by atoms with Gasteiger partial charge in [-0.25, -0.2) is 4.79 Å². The van der Waals surface area contributed by atoms with E-state index in [-0.39, 0.29) is 18.5 Å². The van der Waals surface area contributed by atoms with E-state index in [1.54, 1.807) is 17.0 Å². The molecule has 0 bridgehead atoms. The predicted molar refractivity (Wildman–Crippen MR) is 110 cm³/mol. The van der Waals surface area contributed by atoms with Gasteiger partial charge in [-0.15, -0.1) is 0 Å². The summed E-state index contributed by atoms with van der Waals surface area (Å²) in [7, 11) is 0. The van der Waals surface area contributed by atoms with Crippen LogP contribution in [0.3, 0.4) is 0 Å². The number of carbonyl (C=O) groups is 2. The average molecular weight is 388 g/mol. The lowest BCUT2D eigenvalue weighted by Crippen LogP contribution is -2.52. The van der Waals surface area contributed by atoms with E-state index in [1.807, 2.05) is 13.0 Å². The molecule has 28 heavy (non-hydrogen) atoms. The maximum atomic E-state index is 13.0. The normalized spacial score (nSPS) is 21.8. The fourth-order valence-electron chi connectivity index (χ4n) is 4.20. The lowest BCUT2D eigenvalue weighted by Gasteiger charge is -2.38. The van der Waals surface area contributed by atoms with E-state index in [9.17, 15) is 14.7 Å². The number of nitrogens with zero attached hydrogens (tertiary/aromatic N) is 1. The van der Waals surface area contributed by atoms with Gasteiger partial charge in [0.1, 0.15) is 0 Å². The Bertz CT molecular complexity index is 730. The number of hydrogen-bond acceptors (Lipinski definition) is 3. The van der Waals surface area contributed by atoms with Crippen LogP contribution in [0.1, 0.15) is 61.9 Å². The molecule has 3 rings (SSSR count). The molecule has 0 spiro atoms. The largest absolute Gasteiger partial charge is 0.394 e. The van der Waals surface area contributed by atoms with Crippen LogP contribution in [0.5, 0.6) is 0 Å². The van der Waals surface area contributed by atoms with Crippen LogP contribution in [0, 0.1) is 18.8 Å². The number of carbonyl (C=O) groups excluding carboxylic acids is 2. The number of hydrogen-bond donors (Lipinski definition) is 3. The van der Waals surface area contributed by atoms with Gasteiger partial charge in [-0.3, -0.25) is 4.79 Å². The fourth-order valence-corrected chi connectivity index (χ4v) is 4.20. The maximum Gasteiger partial charge on any atom is 0.322 e. The summed E-state index contributed by atoms with van der Waals surface area (Å²) >= 11 is 0. The van der Waals surface area contributed by atoms with E-state index >= 15 is 0 Å². The van der Waals surface area contributed by atoms with Gasteiger partial charge < -0.3 is 20.6 Å². The number of aliphatic hydroxyl groups excluding tert-OH is 1. The molecular weight excluding hydrogens is 354 g/mol. The first-order chi connectivity index (χ1) is 13.3. The number of rotatable bonds is 7.